The van der Waals surface area contributed by atoms with Crippen molar-refractivity contribution in [1.29, 1.82) is 0 Å². The number of imidazole rings is 1. The molecule has 0 atom stereocenters. The van der Waals surface area contributed by atoms with E-state index in [0.717, 1.165) is 39.1 Å². The molecular weight excluding hydrogens is 504 g/mol. The number of nitrogens with zero attached hydrogens (tertiary/aromatic N) is 8. The first-order valence-electron chi connectivity index (χ1n) is 13.0. The van der Waals surface area contributed by atoms with E-state index in [9.17, 15) is 8.78 Å². The maximum Gasteiger partial charge on any atom is 0.225 e. The first kappa shape index (κ1) is 25.0. The Hall–Kier alpha value is -4.32. The molecule has 6 rings (SSSR count). The molecule has 0 unspecified atom stereocenters. The Morgan fingerprint density at radius 1 is 0.974 bits per heavy atom. The summed E-state index contributed by atoms with van der Waals surface area (Å²) in [5.41, 5.74) is 9.02. The van der Waals surface area contributed by atoms with Crippen molar-refractivity contribution >= 4 is 28.4 Å². The molecule has 39 heavy (non-hydrogen) atoms. The quantitative estimate of drug-likeness (QED) is 0.323. The molecule has 2 N–H and O–H groups in total. The van der Waals surface area contributed by atoms with Gasteiger partial charge in [0, 0.05) is 50.9 Å². The Labute approximate surface area is 223 Å². The minimum atomic E-state index is -0.368. The molecule has 202 valence electrons. The van der Waals surface area contributed by atoms with E-state index in [0.29, 0.717) is 52.8 Å². The smallest absolute Gasteiger partial charge is 0.225 e. The number of hydrogen-bond donors (Lipinski definition) is 1. The molecule has 1 aliphatic heterocycles. The number of piperazine rings is 1. The normalized spacial score (nSPS) is 14.5. The summed E-state index contributed by atoms with van der Waals surface area (Å²) >= 11 is 0. The van der Waals surface area contributed by atoms with Crippen LogP contribution in [0.4, 0.5) is 20.4 Å². The molecule has 5 aromatic rings. The number of hydrogen-bond acceptors (Lipinski definition) is 8. The number of fused-ring (bicyclic) bond motifs is 3. The predicted molar refractivity (Wildman–Crippen MR) is 145 cm³/mol. The molecule has 0 radical (unpaired) electrons. The first-order valence-corrected chi connectivity index (χ1v) is 13.0. The van der Waals surface area contributed by atoms with Crippen molar-refractivity contribution in [3.63, 3.8) is 0 Å². The lowest BCUT2D eigenvalue weighted by atomic mass is 10.2. The number of ether oxygens (including phenoxy) is 1. The Kier molecular flexibility index (Phi) is 6.69. The summed E-state index contributed by atoms with van der Waals surface area (Å²) in [6.07, 6.45) is 2.60. The minimum absolute atomic E-state index is 0.177. The van der Waals surface area contributed by atoms with Crippen LogP contribution in [-0.4, -0.2) is 73.4 Å². The van der Waals surface area contributed by atoms with Crippen molar-refractivity contribution < 1.29 is 13.5 Å². The molecule has 4 heterocycles. The largest absolute Gasteiger partial charge is 0.493 e. The summed E-state index contributed by atoms with van der Waals surface area (Å²) in [4.78, 5) is 18.0. The van der Waals surface area contributed by atoms with Gasteiger partial charge in [-0.1, -0.05) is 19.1 Å². The van der Waals surface area contributed by atoms with E-state index in [1.54, 1.807) is 24.5 Å². The average Bonchev–Trinajstić information content (AvgIpc) is 3.56. The molecule has 1 aliphatic rings. The van der Waals surface area contributed by atoms with E-state index < -0.39 is 0 Å². The van der Waals surface area contributed by atoms with Crippen molar-refractivity contribution in [2.45, 2.75) is 19.9 Å². The van der Waals surface area contributed by atoms with Gasteiger partial charge in [0.15, 0.2) is 22.6 Å². The number of rotatable bonds is 8. The van der Waals surface area contributed by atoms with Crippen LogP contribution >= 0.6 is 0 Å². The lowest BCUT2D eigenvalue weighted by Crippen LogP contribution is -2.47. The maximum atomic E-state index is 14.7. The molecule has 1 saturated heterocycles. The number of halogens is 2. The summed E-state index contributed by atoms with van der Waals surface area (Å²) in [6.45, 7) is 7.10. The summed E-state index contributed by atoms with van der Waals surface area (Å²) in [5, 5.41) is 4.41. The third kappa shape index (κ3) is 4.94. The Morgan fingerprint density at radius 3 is 2.59 bits per heavy atom. The van der Waals surface area contributed by atoms with E-state index in [2.05, 4.69) is 29.9 Å². The highest BCUT2D eigenvalue weighted by Gasteiger charge is 2.21. The SMILES string of the molecule is CCCOc1ccc(N2CCN(CCn3cnc4c3nc(N)n3nc(-c5cccc(F)c5)nc43)CC2)c(F)c1. The summed E-state index contributed by atoms with van der Waals surface area (Å²) in [6, 6.07) is 11.2. The van der Waals surface area contributed by atoms with Gasteiger partial charge in [0.25, 0.3) is 0 Å². The number of anilines is 2. The van der Waals surface area contributed by atoms with Gasteiger partial charge in [-0.15, -0.1) is 5.10 Å². The van der Waals surface area contributed by atoms with Crippen LogP contribution in [0.1, 0.15) is 13.3 Å². The fourth-order valence-corrected chi connectivity index (χ4v) is 4.86. The van der Waals surface area contributed by atoms with Crippen molar-refractivity contribution in [2.75, 3.05) is 50.0 Å². The van der Waals surface area contributed by atoms with E-state index >= 15 is 0 Å². The molecular formula is C27H29F2N9O. The second-order valence-corrected chi connectivity index (χ2v) is 9.55. The van der Waals surface area contributed by atoms with E-state index in [4.69, 9.17) is 10.5 Å². The fraction of sp³-hybridized carbons (Fsp3) is 0.333. The van der Waals surface area contributed by atoms with Gasteiger partial charge in [0.05, 0.1) is 18.6 Å². The van der Waals surface area contributed by atoms with Gasteiger partial charge in [-0.25, -0.2) is 18.7 Å². The van der Waals surface area contributed by atoms with Crippen molar-refractivity contribution in [3.05, 3.63) is 60.4 Å². The molecule has 1 fully saturated rings. The minimum Gasteiger partial charge on any atom is -0.493 e. The number of nitrogen functional groups attached to an aromatic ring is 1. The van der Waals surface area contributed by atoms with Crippen LogP contribution in [0.15, 0.2) is 48.8 Å². The molecule has 0 bridgehead atoms. The summed E-state index contributed by atoms with van der Waals surface area (Å²) in [5.74, 6) is 0.462. The highest BCUT2D eigenvalue weighted by molar-refractivity contribution is 5.87. The molecule has 0 spiro atoms. The molecule has 12 heteroatoms. The van der Waals surface area contributed by atoms with Gasteiger partial charge >= 0.3 is 0 Å². The molecule has 0 aliphatic carbocycles. The average molecular weight is 534 g/mol. The summed E-state index contributed by atoms with van der Waals surface area (Å²) < 4.78 is 37.3. The molecule has 0 amide bonds. The van der Waals surface area contributed by atoms with E-state index in [1.807, 2.05) is 17.6 Å². The van der Waals surface area contributed by atoms with Crippen LogP contribution in [-0.2, 0) is 6.54 Å². The van der Waals surface area contributed by atoms with E-state index in [-0.39, 0.29) is 17.6 Å². The van der Waals surface area contributed by atoms with Gasteiger partial charge < -0.3 is 19.9 Å². The zero-order valence-electron chi connectivity index (χ0n) is 21.6. The lowest BCUT2D eigenvalue weighted by molar-refractivity contribution is 0.248. The van der Waals surface area contributed by atoms with E-state index in [1.165, 1.54) is 22.7 Å². The fourth-order valence-electron chi connectivity index (χ4n) is 4.86. The highest BCUT2D eigenvalue weighted by Crippen LogP contribution is 2.26. The Morgan fingerprint density at radius 2 is 1.82 bits per heavy atom. The Balaban J connectivity index is 1.13. The van der Waals surface area contributed by atoms with Gasteiger partial charge in [-0.05, 0) is 30.7 Å². The third-order valence-corrected chi connectivity index (χ3v) is 6.91. The van der Waals surface area contributed by atoms with Crippen LogP contribution in [0.2, 0.25) is 0 Å². The molecule has 3 aromatic heterocycles. The topological polar surface area (TPSA) is 103 Å². The number of benzene rings is 2. The second-order valence-electron chi connectivity index (χ2n) is 9.55. The van der Waals surface area contributed by atoms with Gasteiger partial charge in [0.2, 0.25) is 5.95 Å². The first-order chi connectivity index (χ1) is 19.0. The zero-order valence-corrected chi connectivity index (χ0v) is 21.6. The van der Waals surface area contributed by atoms with Crippen molar-refractivity contribution in [1.82, 2.24) is 34.0 Å². The molecule has 0 saturated carbocycles. The van der Waals surface area contributed by atoms with Crippen LogP contribution in [0.5, 0.6) is 5.75 Å². The molecule has 10 nitrogen and oxygen atoms in total. The van der Waals surface area contributed by atoms with Crippen LogP contribution < -0.4 is 15.4 Å². The monoisotopic (exact) mass is 533 g/mol. The summed E-state index contributed by atoms with van der Waals surface area (Å²) in [7, 11) is 0. The zero-order chi connectivity index (χ0) is 26.9. The van der Waals surface area contributed by atoms with Crippen molar-refractivity contribution in [3.8, 4) is 17.1 Å². The standard InChI is InChI=1S/C27H29F2N9O/c1-2-14-39-20-6-7-22(21(29)16-20)36-11-8-35(9-12-36)10-13-37-17-31-23-25(37)33-27(30)38-26(23)32-24(34-38)18-4-3-5-19(28)15-18/h3-7,15-17H,2,8-14H2,1H3,(H2,30,33). The van der Waals surface area contributed by atoms with Gasteiger partial charge in [-0.2, -0.15) is 9.50 Å². The van der Waals surface area contributed by atoms with Gasteiger partial charge in [-0.3, -0.25) is 4.90 Å². The second kappa shape index (κ2) is 10.4. The Bertz CT molecular complexity index is 1620. The number of aromatic nitrogens is 6. The highest BCUT2D eigenvalue weighted by atomic mass is 19.1. The maximum absolute atomic E-state index is 14.7. The predicted octanol–water partition coefficient (Wildman–Crippen LogP) is 3.61. The van der Waals surface area contributed by atoms with Crippen LogP contribution in [0.3, 0.4) is 0 Å². The molecule has 2 aromatic carbocycles. The number of nitrogens with two attached hydrogens (primary N) is 1. The van der Waals surface area contributed by atoms with Crippen molar-refractivity contribution in [2.24, 2.45) is 0 Å². The lowest BCUT2D eigenvalue weighted by Gasteiger charge is -2.36. The van der Waals surface area contributed by atoms with Gasteiger partial charge in [0.1, 0.15) is 17.4 Å². The third-order valence-electron chi connectivity index (χ3n) is 6.91. The van der Waals surface area contributed by atoms with Crippen LogP contribution in [0, 0.1) is 11.6 Å². The van der Waals surface area contributed by atoms with Crippen LogP contribution in [0.25, 0.3) is 28.2 Å².